The highest BCUT2D eigenvalue weighted by Crippen LogP contribution is 2.20. The minimum absolute atomic E-state index is 0.0996. The molecule has 1 amide bonds. The predicted molar refractivity (Wildman–Crippen MR) is 113 cm³/mol. The molecule has 2 N–H and O–H groups in total. The van der Waals surface area contributed by atoms with Gasteiger partial charge in [0.1, 0.15) is 10.8 Å². The molecule has 28 heavy (non-hydrogen) atoms. The maximum absolute atomic E-state index is 12.5. The first-order valence-corrected chi connectivity index (χ1v) is 10.2. The van der Waals surface area contributed by atoms with Crippen LogP contribution in [-0.2, 0) is 11.2 Å². The largest absolute Gasteiger partial charge is 0.444 e. The molecular weight excluding hydrogens is 378 g/mol. The van der Waals surface area contributed by atoms with Gasteiger partial charge >= 0.3 is 6.09 Å². The van der Waals surface area contributed by atoms with Crippen LogP contribution in [0.3, 0.4) is 0 Å². The van der Waals surface area contributed by atoms with Gasteiger partial charge in [0.15, 0.2) is 5.96 Å². The molecule has 1 fully saturated rings. The zero-order valence-corrected chi connectivity index (χ0v) is 18.1. The van der Waals surface area contributed by atoms with E-state index >= 15 is 0 Å². The number of guanidine groups is 1. The first-order valence-electron chi connectivity index (χ1n) is 9.83. The number of hydrogen-bond donors (Lipinski definition) is 2. The molecule has 0 bridgehead atoms. The Kier molecular flexibility index (Phi) is 8.35. The lowest BCUT2D eigenvalue weighted by atomic mass is 10.0. The maximum Gasteiger partial charge on any atom is 0.410 e. The van der Waals surface area contributed by atoms with E-state index in [4.69, 9.17) is 16.3 Å². The molecule has 1 aromatic rings. The Morgan fingerprint density at radius 3 is 2.79 bits per heavy atom. The fourth-order valence-electron chi connectivity index (χ4n) is 3.09. The second kappa shape index (κ2) is 10.5. The number of nitrogens with one attached hydrogen (secondary N) is 2. The van der Waals surface area contributed by atoms with Crippen LogP contribution in [0.5, 0.6) is 0 Å². The molecule has 0 aromatic carbocycles. The number of pyridine rings is 1. The van der Waals surface area contributed by atoms with E-state index in [1.54, 1.807) is 19.3 Å². The van der Waals surface area contributed by atoms with Crippen molar-refractivity contribution in [1.82, 2.24) is 20.5 Å². The number of aromatic nitrogens is 1. The Labute approximate surface area is 172 Å². The summed E-state index contributed by atoms with van der Waals surface area (Å²) in [4.78, 5) is 22.7. The van der Waals surface area contributed by atoms with Gasteiger partial charge in [0, 0.05) is 32.9 Å². The average molecular weight is 410 g/mol. The summed E-state index contributed by atoms with van der Waals surface area (Å²) in [5.74, 6) is 0.719. The van der Waals surface area contributed by atoms with E-state index in [1.165, 1.54) is 0 Å². The van der Waals surface area contributed by atoms with Crippen molar-refractivity contribution < 1.29 is 9.53 Å². The Hall–Kier alpha value is -2.02. The number of aliphatic imine (C=N–C) groups is 1. The van der Waals surface area contributed by atoms with Crippen LogP contribution < -0.4 is 10.6 Å². The Bertz CT molecular complexity index is 658. The van der Waals surface area contributed by atoms with Gasteiger partial charge in [-0.2, -0.15) is 0 Å². The second-order valence-electron chi connectivity index (χ2n) is 7.94. The molecule has 156 valence electrons. The number of piperidine rings is 1. The first-order chi connectivity index (χ1) is 13.3. The Balaban J connectivity index is 1.81. The standard InChI is InChI=1S/C20H32ClN5O2/c1-20(2,3)28-19(27)26-12-6-5-7-16(26)14-25-18(22-4)23-11-10-15-8-9-17(21)24-13-15/h8-9,13,16H,5-7,10-12,14H2,1-4H3,(H2,22,23,25). The lowest BCUT2D eigenvalue weighted by Gasteiger charge is -2.37. The number of rotatable bonds is 5. The minimum atomic E-state index is -0.485. The van der Waals surface area contributed by atoms with Gasteiger partial charge in [0.05, 0.1) is 6.04 Å². The van der Waals surface area contributed by atoms with Crippen molar-refractivity contribution in [1.29, 1.82) is 0 Å². The molecule has 2 rings (SSSR count). The number of ether oxygens (including phenoxy) is 1. The molecule has 1 aliphatic heterocycles. The molecule has 8 heteroatoms. The second-order valence-corrected chi connectivity index (χ2v) is 8.33. The monoisotopic (exact) mass is 409 g/mol. The molecule has 1 unspecified atom stereocenters. The van der Waals surface area contributed by atoms with Crippen molar-refractivity contribution in [3.05, 3.63) is 29.0 Å². The van der Waals surface area contributed by atoms with Gasteiger partial charge in [-0.1, -0.05) is 17.7 Å². The number of halogens is 1. The SMILES string of the molecule is CN=C(NCCc1ccc(Cl)nc1)NCC1CCCCN1C(=O)OC(C)(C)C. The van der Waals surface area contributed by atoms with Crippen molar-refractivity contribution in [2.45, 2.75) is 58.1 Å². The van der Waals surface area contributed by atoms with E-state index < -0.39 is 5.60 Å². The zero-order chi connectivity index (χ0) is 20.6. The topological polar surface area (TPSA) is 78.9 Å². The third-order valence-corrected chi connectivity index (χ3v) is 4.70. The van der Waals surface area contributed by atoms with Gasteiger partial charge in [-0.15, -0.1) is 0 Å². The third-order valence-electron chi connectivity index (χ3n) is 4.48. The van der Waals surface area contributed by atoms with Crippen molar-refractivity contribution in [2.75, 3.05) is 26.7 Å². The number of amides is 1. The van der Waals surface area contributed by atoms with E-state index in [0.29, 0.717) is 11.7 Å². The van der Waals surface area contributed by atoms with Gasteiger partial charge in [-0.05, 0) is 58.1 Å². The van der Waals surface area contributed by atoms with Crippen LogP contribution in [0.15, 0.2) is 23.3 Å². The lowest BCUT2D eigenvalue weighted by molar-refractivity contribution is 0.0104. The summed E-state index contributed by atoms with van der Waals surface area (Å²) in [6.45, 7) is 7.78. The van der Waals surface area contributed by atoms with Crippen molar-refractivity contribution in [2.24, 2.45) is 4.99 Å². The van der Waals surface area contributed by atoms with Gasteiger partial charge in [0.25, 0.3) is 0 Å². The summed E-state index contributed by atoms with van der Waals surface area (Å²) in [6, 6.07) is 3.86. The van der Waals surface area contributed by atoms with E-state index in [0.717, 1.165) is 50.3 Å². The highest BCUT2D eigenvalue weighted by Gasteiger charge is 2.30. The Morgan fingerprint density at radius 1 is 1.36 bits per heavy atom. The van der Waals surface area contributed by atoms with E-state index in [2.05, 4.69) is 20.6 Å². The number of nitrogens with zero attached hydrogens (tertiary/aromatic N) is 3. The van der Waals surface area contributed by atoms with Crippen LogP contribution in [0.1, 0.15) is 45.6 Å². The number of likely N-dealkylation sites (tertiary alicyclic amines) is 1. The van der Waals surface area contributed by atoms with Crippen LogP contribution in [0.2, 0.25) is 5.15 Å². The van der Waals surface area contributed by atoms with Gasteiger partial charge in [-0.25, -0.2) is 9.78 Å². The highest BCUT2D eigenvalue weighted by atomic mass is 35.5. The molecule has 1 atom stereocenters. The summed E-state index contributed by atoms with van der Waals surface area (Å²) < 4.78 is 5.56. The van der Waals surface area contributed by atoms with Crippen molar-refractivity contribution in [3.8, 4) is 0 Å². The molecular formula is C20H32ClN5O2. The third kappa shape index (κ3) is 7.54. The average Bonchev–Trinajstić information content (AvgIpc) is 2.65. The molecule has 1 aliphatic rings. The quantitative estimate of drug-likeness (QED) is 0.443. The highest BCUT2D eigenvalue weighted by molar-refractivity contribution is 6.29. The minimum Gasteiger partial charge on any atom is -0.444 e. The molecule has 0 radical (unpaired) electrons. The van der Waals surface area contributed by atoms with Gasteiger partial charge in [0.2, 0.25) is 0 Å². The summed E-state index contributed by atoms with van der Waals surface area (Å²) in [7, 11) is 1.74. The van der Waals surface area contributed by atoms with E-state index in [-0.39, 0.29) is 12.1 Å². The number of hydrogen-bond acceptors (Lipinski definition) is 4. The lowest BCUT2D eigenvalue weighted by Crippen LogP contribution is -2.52. The molecule has 0 aliphatic carbocycles. The fourth-order valence-corrected chi connectivity index (χ4v) is 3.20. The van der Waals surface area contributed by atoms with E-state index in [1.807, 2.05) is 31.7 Å². The summed E-state index contributed by atoms with van der Waals surface area (Å²) >= 11 is 5.81. The summed E-state index contributed by atoms with van der Waals surface area (Å²) in [5, 5.41) is 7.13. The van der Waals surface area contributed by atoms with Crippen LogP contribution in [-0.4, -0.2) is 60.3 Å². The van der Waals surface area contributed by atoms with Crippen LogP contribution in [0.4, 0.5) is 4.79 Å². The summed E-state index contributed by atoms with van der Waals surface area (Å²) in [6.07, 6.45) is 5.44. The van der Waals surface area contributed by atoms with Crippen molar-refractivity contribution >= 4 is 23.7 Å². The number of carbonyl (C=O) groups excluding carboxylic acids is 1. The van der Waals surface area contributed by atoms with Crippen molar-refractivity contribution in [3.63, 3.8) is 0 Å². The summed E-state index contributed by atoms with van der Waals surface area (Å²) in [5.41, 5.74) is 0.622. The van der Waals surface area contributed by atoms with Crippen LogP contribution in [0, 0.1) is 0 Å². The molecule has 1 saturated heterocycles. The molecule has 7 nitrogen and oxygen atoms in total. The predicted octanol–water partition coefficient (Wildman–Crippen LogP) is 3.23. The van der Waals surface area contributed by atoms with E-state index in [9.17, 15) is 4.79 Å². The van der Waals surface area contributed by atoms with Gasteiger partial charge in [-0.3, -0.25) is 4.99 Å². The first kappa shape index (κ1) is 22.3. The van der Waals surface area contributed by atoms with Crippen LogP contribution >= 0.6 is 11.6 Å². The normalized spacial score (nSPS) is 18.0. The fraction of sp³-hybridized carbons (Fsp3) is 0.650. The molecule has 1 aromatic heterocycles. The molecule has 0 spiro atoms. The zero-order valence-electron chi connectivity index (χ0n) is 17.3. The maximum atomic E-state index is 12.5. The number of carbonyl (C=O) groups is 1. The van der Waals surface area contributed by atoms with Gasteiger partial charge < -0.3 is 20.3 Å². The molecule has 0 saturated carbocycles. The Morgan fingerprint density at radius 2 is 2.14 bits per heavy atom. The smallest absolute Gasteiger partial charge is 0.410 e. The van der Waals surface area contributed by atoms with Crippen LogP contribution in [0.25, 0.3) is 0 Å². The molecule has 2 heterocycles.